The van der Waals surface area contributed by atoms with E-state index in [4.69, 9.17) is 4.74 Å². The van der Waals surface area contributed by atoms with E-state index < -0.39 is 12.1 Å². The van der Waals surface area contributed by atoms with Crippen molar-refractivity contribution in [3.63, 3.8) is 0 Å². The maximum Gasteiger partial charge on any atom is 0.305 e. The lowest BCUT2D eigenvalue weighted by atomic mass is 10.0. The Hall–Kier alpha value is -1.40. The minimum absolute atomic E-state index is 0.0200. The van der Waals surface area contributed by atoms with Crippen molar-refractivity contribution in [2.45, 2.75) is 373 Å². The lowest BCUT2D eigenvalue weighted by Crippen LogP contribution is -2.45. The molecule has 0 heterocycles. The number of allylic oxidation sites excluding steroid dienone is 1. The molecule has 0 aromatic carbocycles. The van der Waals surface area contributed by atoms with E-state index in [1.807, 2.05) is 6.08 Å². The highest BCUT2D eigenvalue weighted by atomic mass is 16.5. The summed E-state index contributed by atoms with van der Waals surface area (Å²) in [4.78, 5) is 24.5. The summed E-state index contributed by atoms with van der Waals surface area (Å²) in [7, 11) is 0. The number of aliphatic hydroxyl groups is 2. The number of rotatable bonds is 60. The van der Waals surface area contributed by atoms with Gasteiger partial charge in [-0.1, -0.05) is 328 Å². The fourth-order valence-electron chi connectivity index (χ4n) is 10.2. The average molecular weight is 989 g/mol. The molecule has 0 aromatic rings. The standard InChI is InChI=1S/C64H125NO5/c1-3-5-7-9-11-13-15-17-18-31-34-38-42-46-50-54-58-64(69)70-59-55-51-47-43-39-35-32-29-27-25-23-21-19-20-22-24-26-28-30-33-37-41-45-49-53-57-63(68)65-61(60-66)62(67)56-52-48-44-40-36-16-14-12-10-8-6-4-2/h52,56,61-62,66-67H,3-51,53-55,57-60H2,1-2H3,(H,65,68)/b56-52+. The van der Waals surface area contributed by atoms with Crippen LogP contribution in [0.15, 0.2) is 12.2 Å². The zero-order valence-corrected chi connectivity index (χ0v) is 47.5. The summed E-state index contributed by atoms with van der Waals surface area (Å²) in [5.41, 5.74) is 0. The second kappa shape index (κ2) is 60.2. The summed E-state index contributed by atoms with van der Waals surface area (Å²) in [6, 6.07) is -0.624. The number of hydrogen-bond acceptors (Lipinski definition) is 5. The zero-order valence-electron chi connectivity index (χ0n) is 47.5. The van der Waals surface area contributed by atoms with Gasteiger partial charge in [0.1, 0.15) is 0 Å². The Morgan fingerprint density at radius 3 is 0.971 bits per heavy atom. The van der Waals surface area contributed by atoms with Crippen LogP contribution in [0.3, 0.4) is 0 Å². The number of hydrogen-bond donors (Lipinski definition) is 3. The first-order chi connectivity index (χ1) is 34.5. The Balaban J connectivity index is 3.34. The smallest absolute Gasteiger partial charge is 0.305 e. The average Bonchev–Trinajstić information content (AvgIpc) is 3.36. The van der Waals surface area contributed by atoms with Gasteiger partial charge in [0.25, 0.3) is 0 Å². The molecule has 0 rings (SSSR count). The van der Waals surface area contributed by atoms with E-state index in [1.165, 1.54) is 295 Å². The van der Waals surface area contributed by atoms with Gasteiger partial charge in [-0.3, -0.25) is 9.59 Å². The van der Waals surface area contributed by atoms with Crippen molar-refractivity contribution in [1.82, 2.24) is 5.32 Å². The Morgan fingerprint density at radius 2 is 0.657 bits per heavy atom. The molecule has 0 saturated heterocycles. The number of esters is 1. The number of carbonyl (C=O) groups is 2. The van der Waals surface area contributed by atoms with Gasteiger partial charge in [-0.05, 0) is 32.1 Å². The number of unbranched alkanes of at least 4 members (excludes halogenated alkanes) is 49. The molecule has 2 unspecified atom stereocenters. The lowest BCUT2D eigenvalue weighted by molar-refractivity contribution is -0.143. The Bertz CT molecular complexity index is 1050. The van der Waals surface area contributed by atoms with Crippen LogP contribution in [-0.2, 0) is 14.3 Å². The predicted molar refractivity (Wildman–Crippen MR) is 306 cm³/mol. The Morgan fingerprint density at radius 1 is 0.386 bits per heavy atom. The quantitative estimate of drug-likeness (QED) is 0.0321. The van der Waals surface area contributed by atoms with Gasteiger partial charge in [0.2, 0.25) is 5.91 Å². The molecule has 0 aromatic heterocycles. The van der Waals surface area contributed by atoms with Gasteiger partial charge < -0.3 is 20.3 Å². The van der Waals surface area contributed by atoms with E-state index in [1.54, 1.807) is 6.08 Å². The fourth-order valence-corrected chi connectivity index (χ4v) is 10.2. The third-order valence-electron chi connectivity index (χ3n) is 15.1. The van der Waals surface area contributed by atoms with Crippen molar-refractivity contribution >= 4 is 11.9 Å². The first-order valence-electron chi connectivity index (χ1n) is 32.0. The number of aliphatic hydroxyl groups excluding tert-OH is 2. The van der Waals surface area contributed by atoms with Crippen LogP contribution in [0.2, 0.25) is 0 Å². The van der Waals surface area contributed by atoms with Crippen LogP contribution < -0.4 is 5.32 Å². The van der Waals surface area contributed by atoms with E-state index in [9.17, 15) is 19.8 Å². The lowest BCUT2D eigenvalue weighted by Gasteiger charge is -2.20. The largest absolute Gasteiger partial charge is 0.466 e. The molecule has 0 bridgehead atoms. The summed E-state index contributed by atoms with van der Waals surface area (Å²) in [6.45, 7) is 4.93. The van der Waals surface area contributed by atoms with Crippen LogP contribution in [0.25, 0.3) is 0 Å². The molecule has 6 nitrogen and oxygen atoms in total. The van der Waals surface area contributed by atoms with Gasteiger partial charge in [-0.25, -0.2) is 0 Å². The van der Waals surface area contributed by atoms with Gasteiger partial charge in [0.15, 0.2) is 0 Å². The molecule has 2 atom stereocenters. The molecule has 0 aliphatic heterocycles. The van der Waals surface area contributed by atoms with Crippen molar-refractivity contribution in [3.05, 3.63) is 12.2 Å². The van der Waals surface area contributed by atoms with Crippen LogP contribution >= 0.6 is 0 Å². The van der Waals surface area contributed by atoms with Crippen molar-refractivity contribution in [2.75, 3.05) is 13.2 Å². The van der Waals surface area contributed by atoms with Gasteiger partial charge in [0, 0.05) is 12.8 Å². The van der Waals surface area contributed by atoms with Crippen LogP contribution in [0.5, 0.6) is 0 Å². The molecule has 70 heavy (non-hydrogen) atoms. The Labute approximate surface area is 438 Å². The van der Waals surface area contributed by atoms with E-state index in [2.05, 4.69) is 19.2 Å². The molecule has 0 saturated carbocycles. The molecule has 1 amide bonds. The molecular formula is C64H125NO5. The van der Waals surface area contributed by atoms with E-state index in [0.717, 1.165) is 38.5 Å². The molecule has 6 heteroatoms. The molecule has 3 N–H and O–H groups in total. The highest BCUT2D eigenvalue weighted by Gasteiger charge is 2.18. The molecule has 0 aliphatic carbocycles. The van der Waals surface area contributed by atoms with Crippen molar-refractivity contribution in [1.29, 1.82) is 0 Å². The number of ether oxygens (including phenoxy) is 1. The van der Waals surface area contributed by atoms with Crippen molar-refractivity contribution in [2.24, 2.45) is 0 Å². The molecule has 0 aliphatic rings. The second-order valence-corrected chi connectivity index (χ2v) is 22.1. The van der Waals surface area contributed by atoms with E-state index in [0.29, 0.717) is 19.4 Å². The number of carbonyl (C=O) groups excluding carboxylic acids is 2. The highest BCUT2D eigenvalue weighted by Crippen LogP contribution is 2.18. The fraction of sp³-hybridized carbons (Fsp3) is 0.938. The van der Waals surface area contributed by atoms with Gasteiger partial charge in [-0.2, -0.15) is 0 Å². The van der Waals surface area contributed by atoms with Crippen LogP contribution in [-0.4, -0.2) is 47.4 Å². The summed E-state index contributed by atoms with van der Waals surface area (Å²) in [6.07, 6.45) is 72.7. The maximum absolute atomic E-state index is 12.4. The molecule has 0 spiro atoms. The van der Waals surface area contributed by atoms with Crippen molar-refractivity contribution < 1.29 is 24.5 Å². The van der Waals surface area contributed by atoms with E-state index in [-0.39, 0.29) is 18.5 Å². The minimum atomic E-state index is -0.841. The Kier molecular flexibility index (Phi) is 59.0. The van der Waals surface area contributed by atoms with Crippen LogP contribution in [0.1, 0.15) is 361 Å². The zero-order chi connectivity index (χ0) is 50.7. The summed E-state index contributed by atoms with van der Waals surface area (Å²) in [5.74, 6) is -0.0452. The second-order valence-electron chi connectivity index (χ2n) is 22.1. The van der Waals surface area contributed by atoms with Crippen LogP contribution in [0, 0.1) is 0 Å². The predicted octanol–water partition coefficient (Wildman–Crippen LogP) is 20.0. The van der Waals surface area contributed by atoms with Crippen LogP contribution in [0.4, 0.5) is 0 Å². The summed E-state index contributed by atoms with van der Waals surface area (Å²) in [5, 5.41) is 23.1. The van der Waals surface area contributed by atoms with Crippen molar-refractivity contribution in [3.8, 4) is 0 Å². The first-order valence-corrected chi connectivity index (χ1v) is 32.0. The highest BCUT2D eigenvalue weighted by molar-refractivity contribution is 5.76. The topological polar surface area (TPSA) is 95.9 Å². The molecule has 0 fully saturated rings. The van der Waals surface area contributed by atoms with E-state index >= 15 is 0 Å². The van der Waals surface area contributed by atoms with Gasteiger partial charge in [-0.15, -0.1) is 0 Å². The third kappa shape index (κ3) is 55.9. The van der Waals surface area contributed by atoms with Gasteiger partial charge >= 0.3 is 5.97 Å². The summed E-state index contributed by atoms with van der Waals surface area (Å²) >= 11 is 0. The maximum atomic E-state index is 12.4. The van der Waals surface area contributed by atoms with Gasteiger partial charge in [0.05, 0.1) is 25.4 Å². The number of amides is 1. The summed E-state index contributed by atoms with van der Waals surface area (Å²) < 4.78 is 5.50. The third-order valence-corrected chi connectivity index (χ3v) is 15.1. The first kappa shape index (κ1) is 68.6. The SMILES string of the molecule is CCCCCCCCCCCC/C=C/C(O)C(CO)NC(=O)CCCCCCCCCCCCCCCCCCCCCCCCCCCOC(=O)CCCCCCCCCCCCCCCCCC. The monoisotopic (exact) mass is 988 g/mol. The normalized spacial score (nSPS) is 12.6. The molecular weight excluding hydrogens is 863 g/mol. The molecule has 416 valence electrons. The minimum Gasteiger partial charge on any atom is -0.466 e. The number of nitrogens with one attached hydrogen (secondary N) is 1. The molecule has 0 radical (unpaired) electrons.